The van der Waals surface area contributed by atoms with Crippen molar-refractivity contribution >= 4 is 58.6 Å². The second-order valence-corrected chi connectivity index (χ2v) is 14.7. The maximum atomic E-state index is 14.4. The van der Waals surface area contributed by atoms with Gasteiger partial charge in [0.25, 0.3) is 3.79 Å². The Hall–Kier alpha value is -5.68. The van der Waals surface area contributed by atoms with Crippen LogP contribution < -0.4 is 4.74 Å². The summed E-state index contributed by atoms with van der Waals surface area (Å²) in [5.41, 5.74) is 0.0874. The molecule has 2 unspecified atom stereocenters. The summed E-state index contributed by atoms with van der Waals surface area (Å²) in [5.74, 6) is -4.78. The number of alkyl halides is 6. The van der Waals surface area contributed by atoms with Crippen molar-refractivity contribution in [2.24, 2.45) is 0 Å². The van der Waals surface area contributed by atoms with E-state index in [9.17, 15) is 27.6 Å². The Bertz CT molecular complexity index is 2230. The predicted molar refractivity (Wildman–Crippen MR) is 202 cm³/mol. The van der Waals surface area contributed by atoms with Crippen molar-refractivity contribution in [1.82, 2.24) is 14.8 Å². The van der Waals surface area contributed by atoms with Crippen LogP contribution in [0.1, 0.15) is 43.0 Å². The summed E-state index contributed by atoms with van der Waals surface area (Å²) < 4.78 is 76.2. The molecule has 0 aliphatic carbocycles. The molecular weight excluding hydrogens is 832 g/mol. The summed E-state index contributed by atoms with van der Waals surface area (Å²) >= 11 is 17.9. The van der Waals surface area contributed by atoms with E-state index in [2.05, 4.69) is 10.2 Å². The molecule has 0 spiro atoms. The molecule has 1 saturated heterocycles. The highest BCUT2D eigenvalue weighted by Crippen LogP contribution is 2.41. The van der Waals surface area contributed by atoms with E-state index in [0.29, 0.717) is 10.3 Å². The quantitative estimate of drug-likeness (QED) is 0.0451. The molecule has 58 heavy (non-hydrogen) atoms. The van der Waals surface area contributed by atoms with Gasteiger partial charge in [-0.3, -0.25) is 9.98 Å². The fourth-order valence-electron chi connectivity index (χ4n) is 5.80. The normalized spacial score (nSPS) is 19.4. The first kappa shape index (κ1) is 41.9. The highest BCUT2D eigenvalue weighted by atomic mass is 35.6. The van der Waals surface area contributed by atoms with Gasteiger partial charge >= 0.3 is 24.1 Å². The van der Waals surface area contributed by atoms with Crippen molar-refractivity contribution in [2.75, 3.05) is 7.11 Å². The number of halogens is 6. The molecule has 0 saturated carbocycles. The number of nitrogens with zero attached hydrogens (tertiary/aromatic N) is 3. The van der Waals surface area contributed by atoms with E-state index in [0.717, 1.165) is 0 Å². The van der Waals surface area contributed by atoms with Crippen LogP contribution in [-0.2, 0) is 30.2 Å². The van der Waals surface area contributed by atoms with Crippen molar-refractivity contribution in [3.05, 3.63) is 138 Å². The zero-order valence-electron chi connectivity index (χ0n) is 29.8. The van der Waals surface area contributed by atoms with Crippen molar-refractivity contribution < 1.29 is 56.0 Å². The van der Waals surface area contributed by atoms with Gasteiger partial charge in [-0.25, -0.2) is 14.4 Å². The van der Waals surface area contributed by atoms with Crippen molar-refractivity contribution in [3.63, 3.8) is 0 Å². The largest absolute Gasteiger partial charge is 0.497 e. The number of hydrogen-bond acceptors (Lipinski definition) is 12. The molecule has 1 aliphatic heterocycles. The number of aromatic nitrogens is 3. The van der Waals surface area contributed by atoms with Crippen LogP contribution >= 0.6 is 34.8 Å². The van der Waals surface area contributed by atoms with Crippen molar-refractivity contribution in [3.8, 4) is 17.1 Å². The molecule has 1 aliphatic rings. The highest BCUT2D eigenvalue weighted by Gasteiger charge is 2.57. The zero-order chi connectivity index (χ0) is 41.6. The first-order chi connectivity index (χ1) is 27.6. The van der Waals surface area contributed by atoms with Gasteiger partial charge < -0.3 is 28.4 Å². The average Bonchev–Trinajstić information content (AvgIpc) is 3.61. The fourth-order valence-corrected chi connectivity index (χ4v) is 5.93. The van der Waals surface area contributed by atoms with E-state index in [1.165, 1.54) is 104 Å². The molecule has 13 nitrogen and oxygen atoms in total. The lowest BCUT2D eigenvalue weighted by atomic mass is 9.96. The van der Waals surface area contributed by atoms with E-state index in [1.807, 2.05) is 0 Å². The molecule has 0 amide bonds. The van der Waals surface area contributed by atoms with E-state index in [1.54, 1.807) is 18.2 Å². The summed E-state index contributed by atoms with van der Waals surface area (Å²) in [6.45, 7) is -1.70. The lowest BCUT2D eigenvalue weighted by Crippen LogP contribution is -2.60. The molecule has 1 fully saturated rings. The predicted octanol–water partition coefficient (Wildman–Crippen LogP) is 7.95. The summed E-state index contributed by atoms with van der Waals surface area (Å²) in [6.07, 6.45) is -14.9. The number of hydrogen-bond donors (Lipinski definition) is 1. The van der Waals surface area contributed by atoms with Gasteiger partial charge in [0, 0.05) is 5.56 Å². The smallest absolute Gasteiger partial charge is 0.406 e. The van der Waals surface area contributed by atoms with E-state index in [-0.39, 0.29) is 28.1 Å². The van der Waals surface area contributed by atoms with Gasteiger partial charge in [-0.05, 0) is 60.7 Å². The number of methoxy groups -OCH3 is 1. The third-order valence-electron chi connectivity index (χ3n) is 8.46. The van der Waals surface area contributed by atoms with E-state index >= 15 is 0 Å². The number of ether oxygens (including phenoxy) is 6. The molecule has 0 bridgehead atoms. The Labute approximate surface area is 342 Å². The standard InChI is InChI=1S/C39H30Cl3F3N4O9/c1-53-26-19-17-22(18-20-26)31-47-48-32(49(31)21-38(43,44)45)29-27(54-33(50)23-11-5-2-6-12-23)28(55-34(51)24-13-7-3-8-14-24)30(36(57-29)58-37(46)39(40,41)42)56-35(52)25-15-9-4-10-16-25/h2-20,27-30,36,46H,21H2,1H3/t27-,28?,29?,30-,36-/m0/s1. The Balaban J connectivity index is 1.56. The summed E-state index contributed by atoms with van der Waals surface area (Å²) in [7, 11) is 1.41. The number of benzene rings is 4. The SMILES string of the molecule is COc1ccc(-c2nnc(C3O[C@@H](OC(=N)C(Cl)(Cl)Cl)[C@@H](OC(=O)c4ccccc4)C(OC(=O)c4ccccc4)[C@@H]3OC(=O)c3ccccc3)n2CC(F)(F)F)cc1. The lowest BCUT2D eigenvalue weighted by Gasteiger charge is -2.44. The zero-order valence-corrected chi connectivity index (χ0v) is 32.1. The van der Waals surface area contributed by atoms with Crippen LogP contribution in [0.4, 0.5) is 13.2 Å². The van der Waals surface area contributed by atoms with Crippen molar-refractivity contribution in [1.29, 1.82) is 5.41 Å². The third kappa shape index (κ3) is 10.1. The molecule has 302 valence electrons. The fraction of sp³-hybridized carbons (Fsp3) is 0.231. The van der Waals surface area contributed by atoms with Crippen LogP contribution in [0.15, 0.2) is 115 Å². The summed E-state index contributed by atoms with van der Waals surface area (Å²) in [4.78, 5) is 41.4. The highest BCUT2D eigenvalue weighted by molar-refractivity contribution is 6.76. The number of rotatable bonds is 11. The second kappa shape index (κ2) is 17.9. The number of esters is 3. The Morgan fingerprint density at radius 3 is 1.60 bits per heavy atom. The number of carbonyl (C=O) groups excluding carboxylic acids is 3. The number of nitrogens with one attached hydrogen (secondary N) is 1. The monoisotopic (exact) mass is 860 g/mol. The molecule has 1 N–H and O–H groups in total. The molecule has 0 radical (unpaired) electrons. The maximum absolute atomic E-state index is 14.4. The third-order valence-corrected chi connectivity index (χ3v) is 8.98. The second-order valence-electron chi connectivity index (χ2n) is 12.4. The first-order valence-electron chi connectivity index (χ1n) is 17.0. The topological polar surface area (TPSA) is 161 Å². The van der Waals surface area contributed by atoms with Crippen LogP contribution in [0.3, 0.4) is 0 Å². The summed E-state index contributed by atoms with van der Waals surface area (Å²) in [6, 6.07) is 28.2. The Kier molecular flexibility index (Phi) is 12.9. The van der Waals surface area contributed by atoms with E-state index < -0.39 is 76.8 Å². The molecule has 6 rings (SSSR count). The van der Waals surface area contributed by atoms with Gasteiger partial charge in [0.2, 0.25) is 18.3 Å². The molecule has 2 heterocycles. The molecule has 19 heteroatoms. The van der Waals surface area contributed by atoms with Gasteiger partial charge in [-0.15, -0.1) is 10.2 Å². The van der Waals surface area contributed by atoms with Gasteiger partial charge in [-0.2, -0.15) is 13.2 Å². The Morgan fingerprint density at radius 2 is 1.16 bits per heavy atom. The molecule has 5 atom stereocenters. The number of carbonyl (C=O) groups is 3. The lowest BCUT2D eigenvalue weighted by molar-refractivity contribution is -0.279. The van der Waals surface area contributed by atoms with Crippen LogP contribution in [0.2, 0.25) is 0 Å². The minimum atomic E-state index is -4.90. The molecule has 1 aromatic heterocycles. The minimum Gasteiger partial charge on any atom is -0.497 e. The van der Waals surface area contributed by atoms with Gasteiger partial charge in [-0.1, -0.05) is 89.4 Å². The van der Waals surface area contributed by atoms with Gasteiger partial charge in [0.05, 0.1) is 23.8 Å². The first-order valence-corrected chi connectivity index (χ1v) is 18.2. The van der Waals surface area contributed by atoms with Crippen LogP contribution in [0, 0.1) is 5.41 Å². The molecule has 5 aromatic rings. The Morgan fingerprint density at radius 1 is 0.690 bits per heavy atom. The minimum absolute atomic E-state index is 0.0140. The van der Waals surface area contributed by atoms with Crippen LogP contribution in [-0.4, -0.2) is 80.3 Å². The average molecular weight is 862 g/mol. The van der Waals surface area contributed by atoms with Crippen LogP contribution in [0.25, 0.3) is 11.4 Å². The molecular formula is C39H30Cl3F3N4O9. The van der Waals surface area contributed by atoms with Crippen molar-refractivity contribution in [2.45, 2.75) is 47.2 Å². The van der Waals surface area contributed by atoms with Gasteiger partial charge in [0.15, 0.2) is 30.0 Å². The summed E-state index contributed by atoms with van der Waals surface area (Å²) in [5, 5.41) is 16.5. The van der Waals surface area contributed by atoms with E-state index in [4.69, 9.17) is 68.6 Å². The van der Waals surface area contributed by atoms with Gasteiger partial charge in [0.1, 0.15) is 12.3 Å². The maximum Gasteiger partial charge on any atom is 0.406 e. The van der Waals surface area contributed by atoms with Crippen LogP contribution in [0.5, 0.6) is 5.75 Å². The molecule has 4 aromatic carbocycles.